The van der Waals surface area contributed by atoms with Crippen molar-refractivity contribution in [2.45, 2.75) is 20.8 Å². The molecular formula is C32H24Br2Cl3N3O7S2. The van der Waals surface area contributed by atoms with Crippen LogP contribution in [0.1, 0.15) is 28.4 Å². The molecule has 2 heterocycles. The number of nitrogens with zero attached hydrogens (tertiary/aromatic N) is 2. The van der Waals surface area contributed by atoms with Gasteiger partial charge >= 0.3 is 10.3 Å². The van der Waals surface area contributed by atoms with Gasteiger partial charge in [0.15, 0.2) is 29.5 Å². The number of nitrogens with one attached hydrogen (secondary N) is 1. The van der Waals surface area contributed by atoms with Gasteiger partial charge in [-0.05, 0) is 112 Å². The van der Waals surface area contributed by atoms with Crippen molar-refractivity contribution in [2.75, 3.05) is 4.72 Å². The Kier molecular flexibility index (Phi) is 14.8. The second kappa shape index (κ2) is 18.8. The molecule has 0 saturated heterocycles. The summed E-state index contributed by atoms with van der Waals surface area (Å²) in [5.74, 6) is 3.14. The second-order valence-electron chi connectivity index (χ2n) is 9.73. The van der Waals surface area contributed by atoms with E-state index in [1.54, 1.807) is 73.1 Å². The summed E-state index contributed by atoms with van der Waals surface area (Å²) in [5.41, 5.74) is 3.04. The molecule has 256 valence electrons. The van der Waals surface area contributed by atoms with Crippen LogP contribution in [0.4, 0.5) is 5.69 Å². The van der Waals surface area contributed by atoms with Crippen molar-refractivity contribution in [2.24, 2.45) is 0 Å². The molecule has 2 aromatic heterocycles. The monoisotopic (exact) mass is 889 g/mol. The Labute approximate surface area is 320 Å². The SMILES string of the molecule is CC(=O)c1ccc(NSOOc2cc(C)c(Oc3cncc(Cl)c3)cc2Br)cc1.Cc1cc(OS(=O)Cl)c(Br)cc1Oc1cncc(Cl)c1. The zero-order valence-electron chi connectivity index (χ0n) is 25.5. The third-order valence-electron chi connectivity index (χ3n) is 6.04. The van der Waals surface area contributed by atoms with Crippen LogP contribution in [-0.2, 0) is 14.6 Å². The summed E-state index contributed by atoms with van der Waals surface area (Å²) in [6.45, 7) is 5.23. The molecule has 1 unspecified atom stereocenters. The lowest BCUT2D eigenvalue weighted by atomic mass is 10.1. The summed E-state index contributed by atoms with van der Waals surface area (Å²) < 4.78 is 36.7. The summed E-state index contributed by atoms with van der Waals surface area (Å²) in [7, 11) is 3.39. The molecule has 0 bridgehead atoms. The average Bonchev–Trinajstić information content (AvgIpc) is 3.04. The molecule has 17 heteroatoms. The summed E-state index contributed by atoms with van der Waals surface area (Å²) in [6.07, 6.45) is 6.19. The molecule has 10 nitrogen and oxygen atoms in total. The Morgan fingerprint density at radius 2 is 1.29 bits per heavy atom. The average molecular weight is 893 g/mol. The van der Waals surface area contributed by atoms with E-state index in [0.29, 0.717) is 59.1 Å². The van der Waals surface area contributed by atoms with E-state index in [4.69, 9.17) is 56.8 Å². The molecule has 49 heavy (non-hydrogen) atoms. The first-order valence-electron chi connectivity index (χ1n) is 13.7. The van der Waals surface area contributed by atoms with E-state index in [0.717, 1.165) is 29.0 Å². The first-order chi connectivity index (χ1) is 23.4. The van der Waals surface area contributed by atoms with E-state index in [9.17, 15) is 9.00 Å². The minimum atomic E-state index is -1.91. The van der Waals surface area contributed by atoms with Crippen LogP contribution in [0.3, 0.4) is 0 Å². The highest BCUT2D eigenvalue weighted by molar-refractivity contribution is 9.11. The lowest BCUT2D eigenvalue weighted by Crippen LogP contribution is -1.97. The van der Waals surface area contributed by atoms with Crippen molar-refractivity contribution in [1.82, 2.24) is 9.97 Å². The first kappa shape index (κ1) is 38.7. The van der Waals surface area contributed by atoms with E-state index >= 15 is 0 Å². The van der Waals surface area contributed by atoms with Crippen LogP contribution in [0.15, 0.2) is 94.4 Å². The van der Waals surface area contributed by atoms with Gasteiger partial charge in [0.25, 0.3) is 0 Å². The number of rotatable bonds is 12. The maximum Gasteiger partial charge on any atom is 0.308 e. The fraction of sp³-hybridized carbons (Fsp3) is 0.0938. The molecule has 3 aromatic carbocycles. The Morgan fingerprint density at radius 3 is 1.78 bits per heavy atom. The molecule has 0 aliphatic rings. The summed E-state index contributed by atoms with van der Waals surface area (Å²) in [5, 5.41) is 0.977. The van der Waals surface area contributed by atoms with Gasteiger partial charge in [0.1, 0.15) is 23.0 Å². The van der Waals surface area contributed by atoms with Gasteiger partial charge in [0.05, 0.1) is 31.4 Å². The highest BCUT2D eigenvalue weighted by Crippen LogP contribution is 2.37. The van der Waals surface area contributed by atoms with Gasteiger partial charge in [0.2, 0.25) is 0 Å². The highest BCUT2D eigenvalue weighted by Gasteiger charge is 2.13. The van der Waals surface area contributed by atoms with Crippen LogP contribution >= 0.6 is 78.0 Å². The second-order valence-corrected chi connectivity index (χ2v) is 14.1. The Hall–Kier alpha value is -3.08. The van der Waals surface area contributed by atoms with Gasteiger partial charge in [-0.2, -0.15) is 4.21 Å². The van der Waals surface area contributed by atoms with Gasteiger partial charge < -0.3 is 23.3 Å². The molecule has 5 rings (SSSR count). The van der Waals surface area contributed by atoms with E-state index in [1.165, 1.54) is 19.3 Å². The number of hydrogen-bond acceptors (Lipinski definition) is 11. The van der Waals surface area contributed by atoms with Crippen LogP contribution in [0.5, 0.6) is 34.5 Å². The van der Waals surface area contributed by atoms with Crippen LogP contribution in [0, 0.1) is 13.8 Å². The van der Waals surface area contributed by atoms with Gasteiger partial charge in [-0.1, -0.05) is 27.5 Å². The molecule has 5 aromatic rings. The first-order valence-corrected chi connectivity index (χ1v) is 18.7. The standard InChI is InChI=1S/C20H16BrClN2O4S.C12H8BrCl2NO3S/c1-12-7-20(18(21)9-19(12)26-17-8-15(22)10-23-11-17)27-28-29-24-16-5-3-14(4-6-16)13(2)25;1-7-2-12(19-20(15)17)10(13)4-11(7)18-9-3-8(14)5-16-6-9/h3-11,24H,1-2H3;2-6H,1H3. The van der Waals surface area contributed by atoms with E-state index in [1.807, 2.05) is 13.8 Å². The molecule has 0 fully saturated rings. The van der Waals surface area contributed by atoms with Crippen molar-refractivity contribution < 1.29 is 31.9 Å². The van der Waals surface area contributed by atoms with Crippen molar-refractivity contribution in [1.29, 1.82) is 0 Å². The zero-order valence-corrected chi connectivity index (χ0v) is 32.6. The van der Waals surface area contributed by atoms with Crippen LogP contribution in [0.2, 0.25) is 10.0 Å². The van der Waals surface area contributed by atoms with E-state index in [-0.39, 0.29) is 5.78 Å². The zero-order chi connectivity index (χ0) is 35.5. The molecule has 0 amide bonds. The Balaban J connectivity index is 0.000000237. The van der Waals surface area contributed by atoms with Gasteiger partial charge in [-0.15, -0.1) is 0 Å². The van der Waals surface area contributed by atoms with Crippen molar-refractivity contribution in [3.63, 3.8) is 0 Å². The third kappa shape index (κ3) is 12.3. The minimum Gasteiger partial charge on any atom is -0.455 e. The lowest BCUT2D eigenvalue weighted by Gasteiger charge is -2.12. The molecular weight excluding hydrogens is 869 g/mol. The maximum atomic E-state index is 11.3. The fourth-order valence-electron chi connectivity index (χ4n) is 3.73. The van der Waals surface area contributed by atoms with Crippen LogP contribution in [-0.4, -0.2) is 20.0 Å². The molecule has 0 aliphatic heterocycles. The van der Waals surface area contributed by atoms with Crippen molar-refractivity contribution in [3.05, 3.63) is 121 Å². The summed E-state index contributed by atoms with van der Waals surface area (Å²) in [6, 6.07) is 17.3. The van der Waals surface area contributed by atoms with Gasteiger partial charge in [-0.3, -0.25) is 14.8 Å². The van der Waals surface area contributed by atoms with Gasteiger partial charge in [0, 0.05) is 46.5 Å². The number of pyridine rings is 2. The number of carbonyl (C=O) groups is 1. The number of benzene rings is 3. The quantitative estimate of drug-likeness (QED) is 0.0245. The predicted octanol–water partition coefficient (Wildman–Crippen LogP) is 11.6. The highest BCUT2D eigenvalue weighted by atomic mass is 79.9. The molecule has 0 saturated carbocycles. The normalized spacial score (nSPS) is 11.1. The molecule has 0 aliphatic carbocycles. The smallest absolute Gasteiger partial charge is 0.308 e. The largest absolute Gasteiger partial charge is 0.455 e. The summed E-state index contributed by atoms with van der Waals surface area (Å²) in [4.78, 5) is 24.6. The third-order valence-corrected chi connectivity index (χ3v) is 8.65. The molecule has 1 atom stereocenters. The number of aryl methyl sites for hydroxylation is 2. The van der Waals surface area contributed by atoms with E-state index in [2.05, 4.69) is 46.5 Å². The number of anilines is 1. The van der Waals surface area contributed by atoms with Crippen LogP contribution in [0.25, 0.3) is 0 Å². The minimum absolute atomic E-state index is 0.0167. The lowest BCUT2D eigenvalue weighted by molar-refractivity contribution is -0.0779. The predicted molar refractivity (Wildman–Crippen MR) is 200 cm³/mol. The van der Waals surface area contributed by atoms with Crippen LogP contribution < -0.4 is 23.3 Å². The molecule has 1 N–H and O–H groups in total. The number of carbonyl (C=O) groups excluding carboxylic acids is 1. The number of ketones is 1. The number of hydrogen-bond donors (Lipinski definition) is 1. The molecule has 0 radical (unpaired) electrons. The number of ether oxygens (including phenoxy) is 2. The summed E-state index contributed by atoms with van der Waals surface area (Å²) >= 11 is 19.4. The van der Waals surface area contributed by atoms with Crippen molar-refractivity contribution in [3.8, 4) is 34.5 Å². The Morgan fingerprint density at radius 1 is 0.776 bits per heavy atom. The number of halogens is 5. The fourth-order valence-corrected chi connectivity index (χ4v) is 5.82. The van der Waals surface area contributed by atoms with E-state index < -0.39 is 10.3 Å². The van der Waals surface area contributed by atoms with Crippen molar-refractivity contribution >= 4 is 99.7 Å². The number of Topliss-reactive ketones (excluding diaryl/α,β-unsaturated/α-hetero) is 1. The maximum absolute atomic E-state index is 11.3. The number of aromatic nitrogens is 2. The van der Waals surface area contributed by atoms with Gasteiger partial charge in [-0.25, -0.2) is 0 Å². The topological polar surface area (TPSA) is 118 Å². The molecule has 0 spiro atoms. The Bertz CT molecular complexity index is 1960.